The summed E-state index contributed by atoms with van der Waals surface area (Å²) in [5.41, 5.74) is 7.58. The minimum Gasteiger partial charge on any atom is -0.497 e. The molecular formula is C24H20N4O2. The fraction of sp³-hybridized carbons (Fsp3) is 0.0417. The van der Waals surface area contributed by atoms with E-state index in [9.17, 15) is 4.79 Å². The van der Waals surface area contributed by atoms with Gasteiger partial charge in [0.25, 0.3) is 5.91 Å². The summed E-state index contributed by atoms with van der Waals surface area (Å²) < 4.78 is 5.11. The molecule has 148 valence electrons. The molecule has 2 N–H and O–H groups in total. The highest BCUT2D eigenvalue weighted by atomic mass is 16.5. The van der Waals surface area contributed by atoms with E-state index >= 15 is 0 Å². The number of nitrogens with one attached hydrogen (secondary N) is 2. The fourth-order valence-electron chi connectivity index (χ4n) is 2.97. The van der Waals surface area contributed by atoms with Gasteiger partial charge in [0.05, 0.1) is 19.0 Å². The second kappa shape index (κ2) is 8.87. The average molecular weight is 396 g/mol. The molecule has 0 radical (unpaired) electrons. The summed E-state index contributed by atoms with van der Waals surface area (Å²) in [5, 5.41) is 11.0. The standard InChI is InChI=1S/C24H20N4O2/c1-30-21-13-7-17(8-14-21)16-25-28-24(29)23-15-22(26-27-23)20-11-9-19(10-12-20)18-5-3-2-4-6-18/h2-16H,1H3,(H,26,27)(H,28,29)/b25-16+. The second-order valence-electron chi connectivity index (χ2n) is 6.58. The van der Waals surface area contributed by atoms with Gasteiger partial charge >= 0.3 is 0 Å². The van der Waals surface area contributed by atoms with Crippen LogP contribution < -0.4 is 10.2 Å². The molecule has 4 aromatic rings. The van der Waals surface area contributed by atoms with E-state index in [1.54, 1.807) is 19.4 Å². The molecule has 3 aromatic carbocycles. The molecule has 6 nitrogen and oxygen atoms in total. The van der Waals surface area contributed by atoms with Crippen LogP contribution >= 0.6 is 0 Å². The molecule has 1 amide bonds. The summed E-state index contributed by atoms with van der Waals surface area (Å²) in [5.74, 6) is 0.400. The molecule has 0 spiro atoms. The average Bonchev–Trinajstić information content (AvgIpc) is 3.31. The topological polar surface area (TPSA) is 79.4 Å². The number of ether oxygens (including phenoxy) is 1. The number of hydrazone groups is 1. The Kier molecular flexibility index (Phi) is 5.66. The number of hydrogen-bond acceptors (Lipinski definition) is 4. The molecule has 0 bridgehead atoms. The molecular weight excluding hydrogens is 376 g/mol. The van der Waals surface area contributed by atoms with Gasteiger partial charge in [-0.05, 0) is 47.0 Å². The smallest absolute Gasteiger partial charge is 0.289 e. The molecule has 0 aliphatic heterocycles. The van der Waals surface area contributed by atoms with Crippen molar-refractivity contribution >= 4 is 12.1 Å². The van der Waals surface area contributed by atoms with E-state index in [4.69, 9.17) is 4.74 Å². The summed E-state index contributed by atoms with van der Waals surface area (Å²) >= 11 is 0. The molecule has 4 rings (SSSR count). The van der Waals surface area contributed by atoms with Crippen LogP contribution in [0.1, 0.15) is 16.1 Å². The number of aromatic amines is 1. The first-order valence-electron chi connectivity index (χ1n) is 9.41. The van der Waals surface area contributed by atoms with Crippen LogP contribution in [0.4, 0.5) is 0 Å². The number of carbonyl (C=O) groups is 1. The van der Waals surface area contributed by atoms with E-state index in [2.05, 4.69) is 32.9 Å². The summed E-state index contributed by atoms with van der Waals surface area (Å²) in [6.45, 7) is 0. The van der Waals surface area contributed by atoms with Gasteiger partial charge in [-0.2, -0.15) is 10.2 Å². The maximum Gasteiger partial charge on any atom is 0.289 e. The number of carbonyl (C=O) groups excluding carboxylic acids is 1. The van der Waals surface area contributed by atoms with Crippen molar-refractivity contribution in [1.82, 2.24) is 15.6 Å². The van der Waals surface area contributed by atoms with Gasteiger partial charge in [-0.25, -0.2) is 5.43 Å². The quantitative estimate of drug-likeness (QED) is 0.372. The van der Waals surface area contributed by atoms with E-state index in [1.807, 2.05) is 66.7 Å². The number of nitrogens with zero attached hydrogens (tertiary/aromatic N) is 2. The predicted octanol–water partition coefficient (Wildman–Crippen LogP) is 4.52. The lowest BCUT2D eigenvalue weighted by molar-refractivity contribution is 0.0950. The molecule has 30 heavy (non-hydrogen) atoms. The van der Waals surface area contributed by atoms with Crippen molar-refractivity contribution < 1.29 is 9.53 Å². The normalized spacial score (nSPS) is 10.8. The van der Waals surface area contributed by atoms with Crippen molar-refractivity contribution in [3.05, 3.63) is 96.2 Å². The molecule has 0 saturated heterocycles. The van der Waals surface area contributed by atoms with Crippen LogP contribution in [0.5, 0.6) is 5.75 Å². The van der Waals surface area contributed by atoms with Crippen molar-refractivity contribution in [2.45, 2.75) is 0 Å². The number of benzene rings is 3. The van der Waals surface area contributed by atoms with Crippen LogP contribution in [0.25, 0.3) is 22.4 Å². The zero-order valence-electron chi connectivity index (χ0n) is 16.4. The lowest BCUT2D eigenvalue weighted by Gasteiger charge is -2.02. The van der Waals surface area contributed by atoms with Crippen molar-refractivity contribution in [3.8, 4) is 28.1 Å². The lowest BCUT2D eigenvalue weighted by atomic mass is 10.0. The van der Waals surface area contributed by atoms with Crippen LogP contribution in [0.3, 0.4) is 0 Å². The number of hydrogen-bond donors (Lipinski definition) is 2. The molecule has 0 fully saturated rings. The van der Waals surface area contributed by atoms with Crippen molar-refractivity contribution in [1.29, 1.82) is 0 Å². The van der Waals surface area contributed by atoms with Gasteiger partial charge in [-0.3, -0.25) is 9.89 Å². The Morgan fingerprint density at radius 1 is 0.933 bits per heavy atom. The second-order valence-corrected chi connectivity index (χ2v) is 6.58. The number of methoxy groups -OCH3 is 1. The minimum absolute atomic E-state index is 0.337. The molecule has 1 heterocycles. The Hall–Kier alpha value is -4.19. The lowest BCUT2D eigenvalue weighted by Crippen LogP contribution is -2.17. The first kappa shape index (κ1) is 19.1. The largest absolute Gasteiger partial charge is 0.497 e. The Labute approximate surface area is 174 Å². The third kappa shape index (κ3) is 4.44. The predicted molar refractivity (Wildman–Crippen MR) is 118 cm³/mol. The molecule has 0 unspecified atom stereocenters. The molecule has 0 atom stereocenters. The molecule has 0 aliphatic carbocycles. The fourth-order valence-corrected chi connectivity index (χ4v) is 2.97. The Morgan fingerprint density at radius 3 is 2.30 bits per heavy atom. The Morgan fingerprint density at radius 2 is 1.60 bits per heavy atom. The van der Waals surface area contributed by atoms with E-state index in [1.165, 1.54) is 0 Å². The molecule has 0 aliphatic rings. The van der Waals surface area contributed by atoms with Crippen LogP contribution in [-0.4, -0.2) is 29.4 Å². The third-order valence-corrected chi connectivity index (χ3v) is 4.61. The van der Waals surface area contributed by atoms with Crippen LogP contribution in [-0.2, 0) is 0 Å². The van der Waals surface area contributed by atoms with Crippen LogP contribution in [0, 0.1) is 0 Å². The first-order valence-corrected chi connectivity index (χ1v) is 9.41. The van der Waals surface area contributed by atoms with E-state index in [-0.39, 0.29) is 5.91 Å². The molecule has 0 saturated carbocycles. The maximum absolute atomic E-state index is 12.3. The van der Waals surface area contributed by atoms with Crippen molar-refractivity contribution in [3.63, 3.8) is 0 Å². The van der Waals surface area contributed by atoms with Gasteiger partial charge in [-0.15, -0.1) is 0 Å². The zero-order valence-corrected chi connectivity index (χ0v) is 16.4. The van der Waals surface area contributed by atoms with Crippen molar-refractivity contribution in [2.24, 2.45) is 5.10 Å². The zero-order chi connectivity index (χ0) is 20.8. The summed E-state index contributed by atoms with van der Waals surface area (Å²) in [4.78, 5) is 12.3. The van der Waals surface area contributed by atoms with E-state index in [0.29, 0.717) is 11.4 Å². The van der Waals surface area contributed by atoms with Crippen LogP contribution in [0.2, 0.25) is 0 Å². The summed E-state index contributed by atoms with van der Waals surface area (Å²) in [6, 6.07) is 27.3. The number of amides is 1. The van der Waals surface area contributed by atoms with E-state index in [0.717, 1.165) is 28.0 Å². The van der Waals surface area contributed by atoms with Gasteiger partial charge in [0.1, 0.15) is 11.4 Å². The first-order chi connectivity index (χ1) is 14.7. The van der Waals surface area contributed by atoms with Gasteiger partial charge in [0.2, 0.25) is 0 Å². The van der Waals surface area contributed by atoms with Gasteiger partial charge in [0, 0.05) is 5.56 Å². The van der Waals surface area contributed by atoms with Crippen LogP contribution in [0.15, 0.2) is 90.0 Å². The highest BCUT2D eigenvalue weighted by Gasteiger charge is 2.10. The number of aromatic nitrogens is 2. The Balaban J connectivity index is 1.40. The Bertz CT molecular complexity index is 1150. The summed E-state index contributed by atoms with van der Waals surface area (Å²) in [6.07, 6.45) is 1.57. The van der Waals surface area contributed by atoms with Gasteiger partial charge in [0.15, 0.2) is 0 Å². The SMILES string of the molecule is COc1ccc(/C=N/NC(=O)c2cc(-c3ccc(-c4ccccc4)cc3)n[nH]2)cc1. The molecule has 6 heteroatoms. The maximum atomic E-state index is 12.3. The highest BCUT2D eigenvalue weighted by molar-refractivity contribution is 5.94. The number of H-pyrrole nitrogens is 1. The minimum atomic E-state index is -0.362. The van der Waals surface area contributed by atoms with Crippen molar-refractivity contribution in [2.75, 3.05) is 7.11 Å². The van der Waals surface area contributed by atoms with Gasteiger partial charge in [-0.1, -0.05) is 54.6 Å². The molecule has 1 aromatic heterocycles. The third-order valence-electron chi connectivity index (χ3n) is 4.61. The van der Waals surface area contributed by atoms with E-state index < -0.39 is 0 Å². The highest BCUT2D eigenvalue weighted by Crippen LogP contribution is 2.24. The monoisotopic (exact) mass is 396 g/mol. The summed E-state index contributed by atoms with van der Waals surface area (Å²) in [7, 11) is 1.61. The van der Waals surface area contributed by atoms with Gasteiger partial charge < -0.3 is 4.74 Å². The number of rotatable bonds is 6.